The number of nitrogen functional groups attached to an aromatic ring is 1. The molecule has 1 aromatic carbocycles. The number of benzene rings is 1. The SMILES string of the molecule is CC(C)(C)CN1CCOc2cc(N)ccc21. The standard InChI is InChI=1S/C13H20N2O/c1-13(2,3)9-15-6-7-16-12-8-10(14)4-5-11(12)15/h4-5,8H,6-7,9,14H2,1-3H3. The van der Waals surface area contributed by atoms with Crippen LogP contribution in [-0.4, -0.2) is 19.7 Å². The van der Waals surface area contributed by atoms with Crippen molar-refractivity contribution < 1.29 is 4.74 Å². The maximum Gasteiger partial charge on any atom is 0.144 e. The second kappa shape index (κ2) is 3.89. The summed E-state index contributed by atoms with van der Waals surface area (Å²) in [6.45, 7) is 9.48. The van der Waals surface area contributed by atoms with E-state index in [4.69, 9.17) is 10.5 Å². The number of ether oxygens (including phenoxy) is 1. The molecule has 0 radical (unpaired) electrons. The minimum atomic E-state index is 0.288. The molecule has 0 amide bonds. The molecule has 16 heavy (non-hydrogen) atoms. The lowest BCUT2D eigenvalue weighted by atomic mass is 9.95. The highest BCUT2D eigenvalue weighted by Crippen LogP contribution is 2.34. The van der Waals surface area contributed by atoms with E-state index >= 15 is 0 Å². The van der Waals surface area contributed by atoms with Crippen LogP contribution in [0.15, 0.2) is 18.2 Å². The highest BCUT2D eigenvalue weighted by molar-refractivity contribution is 5.65. The van der Waals surface area contributed by atoms with Crippen LogP contribution in [-0.2, 0) is 0 Å². The van der Waals surface area contributed by atoms with Crippen molar-refractivity contribution in [1.82, 2.24) is 0 Å². The van der Waals surface area contributed by atoms with Crippen molar-refractivity contribution in [3.05, 3.63) is 18.2 Å². The Kier molecular flexibility index (Phi) is 2.70. The normalized spacial score (nSPS) is 15.6. The maximum absolute atomic E-state index is 5.76. The summed E-state index contributed by atoms with van der Waals surface area (Å²) < 4.78 is 5.63. The molecule has 1 aliphatic rings. The molecule has 3 heteroatoms. The van der Waals surface area contributed by atoms with Gasteiger partial charge in [-0.05, 0) is 17.5 Å². The van der Waals surface area contributed by atoms with Crippen molar-refractivity contribution >= 4 is 11.4 Å². The Morgan fingerprint density at radius 1 is 1.38 bits per heavy atom. The molecule has 0 spiro atoms. The van der Waals surface area contributed by atoms with E-state index in [1.807, 2.05) is 12.1 Å². The second-order valence-corrected chi connectivity index (χ2v) is 5.56. The summed E-state index contributed by atoms with van der Waals surface area (Å²) in [5.41, 5.74) is 7.97. The molecule has 1 heterocycles. The number of nitrogens with two attached hydrogens (primary N) is 1. The van der Waals surface area contributed by atoms with Crippen LogP contribution >= 0.6 is 0 Å². The molecule has 1 aromatic rings. The molecular weight excluding hydrogens is 200 g/mol. The van der Waals surface area contributed by atoms with Gasteiger partial charge in [-0.1, -0.05) is 20.8 Å². The number of hydrogen-bond acceptors (Lipinski definition) is 3. The summed E-state index contributed by atoms with van der Waals surface area (Å²) in [4.78, 5) is 2.37. The molecule has 0 aromatic heterocycles. The zero-order valence-corrected chi connectivity index (χ0v) is 10.3. The van der Waals surface area contributed by atoms with E-state index in [0.717, 1.165) is 36.8 Å². The Bertz CT molecular complexity index is 382. The monoisotopic (exact) mass is 220 g/mol. The molecule has 0 aliphatic carbocycles. The minimum Gasteiger partial charge on any atom is -0.489 e. The Hall–Kier alpha value is -1.38. The number of fused-ring (bicyclic) bond motifs is 1. The molecular formula is C13H20N2O. The Morgan fingerprint density at radius 3 is 2.81 bits per heavy atom. The molecule has 0 fully saturated rings. The van der Waals surface area contributed by atoms with Crippen LogP contribution in [0.4, 0.5) is 11.4 Å². The van der Waals surface area contributed by atoms with Crippen molar-refractivity contribution in [2.24, 2.45) is 5.41 Å². The Morgan fingerprint density at radius 2 is 2.12 bits per heavy atom. The molecule has 0 bridgehead atoms. The summed E-state index contributed by atoms with van der Waals surface area (Å²) in [7, 11) is 0. The number of anilines is 2. The molecule has 2 N–H and O–H groups in total. The third-order valence-corrected chi connectivity index (χ3v) is 2.61. The molecule has 3 nitrogen and oxygen atoms in total. The minimum absolute atomic E-state index is 0.288. The van der Waals surface area contributed by atoms with Crippen LogP contribution in [0.2, 0.25) is 0 Å². The highest BCUT2D eigenvalue weighted by atomic mass is 16.5. The molecule has 0 saturated heterocycles. The summed E-state index contributed by atoms with van der Waals surface area (Å²) in [5.74, 6) is 0.913. The quantitative estimate of drug-likeness (QED) is 0.739. The molecule has 1 aliphatic heterocycles. The van der Waals surface area contributed by atoms with Gasteiger partial charge in [0.05, 0.1) is 12.2 Å². The first-order valence-corrected chi connectivity index (χ1v) is 5.73. The van der Waals surface area contributed by atoms with E-state index in [1.165, 1.54) is 0 Å². The second-order valence-electron chi connectivity index (χ2n) is 5.56. The third kappa shape index (κ3) is 2.40. The summed E-state index contributed by atoms with van der Waals surface area (Å²) >= 11 is 0. The van der Waals surface area contributed by atoms with E-state index in [1.54, 1.807) is 0 Å². The molecule has 0 unspecified atom stereocenters. The van der Waals surface area contributed by atoms with Gasteiger partial charge in [-0.3, -0.25) is 0 Å². The lowest BCUT2D eigenvalue weighted by Gasteiger charge is -2.35. The van der Waals surface area contributed by atoms with E-state index in [0.29, 0.717) is 0 Å². The van der Waals surface area contributed by atoms with Gasteiger partial charge in [0.15, 0.2) is 0 Å². The predicted molar refractivity (Wildman–Crippen MR) is 68.0 cm³/mol. The average molecular weight is 220 g/mol. The van der Waals surface area contributed by atoms with Crippen molar-refractivity contribution in [2.75, 3.05) is 30.3 Å². The summed E-state index contributed by atoms with van der Waals surface area (Å²) in [6.07, 6.45) is 0. The lowest BCUT2D eigenvalue weighted by molar-refractivity contribution is 0.294. The van der Waals surface area contributed by atoms with E-state index in [2.05, 4.69) is 31.7 Å². The largest absolute Gasteiger partial charge is 0.489 e. The Labute approximate surface area is 97.2 Å². The predicted octanol–water partition coefficient (Wildman–Crippen LogP) is 2.51. The maximum atomic E-state index is 5.76. The molecule has 88 valence electrons. The number of nitrogens with zero attached hydrogens (tertiary/aromatic N) is 1. The van der Waals surface area contributed by atoms with Crippen LogP contribution < -0.4 is 15.4 Å². The van der Waals surface area contributed by atoms with Gasteiger partial charge in [-0.15, -0.1) is 0 Å². The van der Waals surface area contributed by atoms with Crippen LogP contribution in [0.1, 0.15) is 20.8 Å². The van der Waals surface area contributed by atoms with Gasteiger partial charge >= 0.3 is 0 Å². The van der Waals surface area contributed by atoms with Crippen LogP contribution in [0.5, 0.6) is 5.75 Å². The fourth-order valence-electron chi connectivity index (χ4n) is 2.03. The molecule has 2 rings (SSSR count). The highest BCUT2D eigenvalue weighted by Gasteiger charge is 2.22. The van der Waals surface area contributed by atoms with Gasteiger partial charge in [0.25, 0.3) is 0 Å². The first kappa shape index (κ1) is 11.1. The number of rotatable bonds is 1. The fraction of sp³-hybridized carbons (Fsp3) is 0.538. The zero-order valence-electron chi connectivity index (χ0n) is 10.3. The molecule has 0 saturated carbocycles. The van der Waals surface area contributed by atoms with Crippen molar-refractivity contribution in [2.45, 2.75) is 20.8 Å². The third-order valence-electron chi connectivity index (χ3n) is 2.61. The van der Waals surface area contributed by atoms with Gasteiger partial charge in [-0.25, -0.2) is 0 Å². The smallest absolute Gasteiger partial charge is 0.144 e. The Balaban J connectivity index is 2.26. The van der Waals surface area contributed by atoms with Crippen LogP contribution in [0.25, 0.3) is 0 Å². The first-order chi connectivity index (χ1) is 7.46. The van der Waals surface area contributed by atoms with Crippen LogP contribution in [0, 0.1) is 5.41 Å². The van der Waals surface area contributed by atoms with Gasteiger partial charge in [0.2, 0.25) is 0 Å². The summed E-state index contributed by atoms with van der Waals surface area (Å²) in [5, 5.41) is 0. The average Bonchev–Trinajstić information content (AvgIpc) is 2.15. The van der Waals surface area contributed by atoms with E-state index in [9.17, 15) is 0 Å². The topological polar surface area (TPSA) is 38.5 Å². The fourth-order valence-corrected chi connectivity index (χ4v) is 2.03. The van der Waals surface area contributed by atoms with Crippen molar-refractivity contribution in [3.8, 4) is 5.75 Å². The van der Waals surface area contributed by atoms with E-state index < -0.39 is 0 Å². The lowest BCUT2D eigenvalue weighted by Crippen LogP contribution is -2.38. The van der Waals surface area contributed by atoms with E-state index in [-0.39, 0.29) is 5.41 Å². The van der Waals surface area contributed by atoms with Crippen molar-refractivity contribution in [3.63, 3.8) is 0 Å². The number of hydrogen-bond donors (Lipinski definition) is 1. The molecule has 0 atom stereocenters. The van der Waals surface area contributed by atoms with Crippen LogP contribution in [0.3, 0.4) is 0 Å². The first-order valence-electron chi connectivity index (χ1n) is 5.73. The summed E-state index contributed by atoms with van der Waals surface area (Å²) in [6, 6.07) is 5.89. The van der Waals surface area contributed by atoms with Gasteiger partial charge in [0.1, 0.15) is 12.4 Å². The van der Waals surface area contributed by atoms with Gasteiger partial charge < -0.3 is 15.4 Å². The van der Waals surface area contributed by atoms with Crippen molar-refractivity contribution in [1.29, 1.82) is 0 Å². The zero-order chi connectivity index (χ0) is 11.8. The van der Waals surface area contributed by atoms with Gasteiger partial charge in [0, 0.05) is 18.3 Å². The van der Waals surface area contributed by atoms with Gasteiger partial charge in [-0.2, -0.15) is 0 Å².